The van der Waals surface area contributed by atoms with Crippen molar-refractivity contribution in [2.75, 3.05) is 0 Å². The number of halogens is 1. The van der Waals surface area contributed by atoms with Gasteiger partial charge in [-0.3, -0.25) is 9.69 Å². The van der Waals surface area contributed by atoms with E-state index in [4.69, 9.17) is 11.6 Å². The van der Waals surface area contributed by atoms with Gasteiger partial charge in [0.05, 0.1) is 17.1 Å². The van der Waals surface area contributed by atoms with Gasteiger partial charge in [0.2, 0.25) is 0 Å². The molecule has 2 aromatic carbocycles. The fourth-order valence-corrected chi connectivity index (χ4v) is 4.87. The number of nitrogens with one attached hydrogen (secondary N) is 1. The lowest BCUT2D eigenvalue weighted by atomic mass is 10.0. The Balaban J connectivity index is 1.81. The van der Waals surface area contributed by atoms with Gasteiger partial charge < -0.3 is 4.98 Å². The summed E-state index contributed by atoms with van der Waals surface area (Å²) < 4.78 is 1.87. The zero-order chi connectivity index (χ0) is 25.3. The molecule has 2 heterocycles. The normalized spacial score (nSPS) is 13.0. The molecule has 0 aliphatic carbocycles. The maximum atomic E-state index is 13.2. The number of fused-ring (bicyclic) bond motifs is 1. The molecule has 1 unspecified atom stereocenters. The van der Waals surface area contributed by atoms with Gasteiger partial charge in [-0.15, -0.1) is 5.10 Å². The molecular formula is C27H33ClN6O. The summed E-state index contributed by atoms with van der Waals surface area (Å²) in [5.74, 6) is 0.774. The minimum atomic E-state index is -0.280. The second-order valence-electron chi connectivity index (χ2n) is 10.2. The first-order valence-corrected chi connectivity index (χ1v) is 12.4. The average molecular weight is 493 g/mol. The molecule has 0 saturated carbocycles. The highest BCUT2D eigenvalue weighted by Crippen LogP contribution is 2.30. The number of rotatable bonds is 7. The summed E-state index contributed by atoms with van der Waals surface area (Å²) in [6.45, 7) is 13.4. The maximum Gasteiger partial charge on any atom is 0.252 e. The van der Waals surface area contributed by atoms with Gasteiger partial charge in [-0.1, -0.05) is 48.4 Å². The van der Waals surface area contributed by atoms with E-state index in [1.807, 2.05) is 41.9 Å². The van der Waals surface area contributed by atoms with Gasteiger partial charge in [-0.05, 0) is 86.2 Å². The van der Waals surface area contributed by atoms with Crippen LogP contribution >= 0.6 is 11.6 Å². The van der Waals surface area contributed by atoms with Crippen LogP contribution in [0.4, 0.5) is 0 Å². The summed E-state index contributed by atoms with van der Waals surface area (Å²) >= 11 is 6.55. The van der Waals surface area contributed by atoms with Crippen LogP contribution in [-0.2, 0) is 18.6 Å². The van der Waals surface area contributed by atoms with E-state index in [9.17, 15) is 4.79 Å². The van der Waals surface area contributed by atoms with Crippen LogP contribution in [0, 0.1) is 13.8 Å². The van der Waals surface area contributed by atoms with E-state index < -0.39 is 0 Å². The molecule has 0 saturated heterocycles. The fourth-order valence-electron chi connectivity index (χ4n) is 4.67. The Labute approximate surface area is 211 Å². The molecule has 2 aromatic heterocycles. The maximum absolute atomic E-state index is 13.2. The lowest BCUT2D eigenvalue weighted by Crippen LogP contribution is -2.35. The number of aryl methyl sites for hydroxylation is 2. The first-order valence-electron chi connectivity index (χ1n) is 12.0. The number of benzene rings is 2. The van der Waals surface area contributed by atoms with E-state index in [2.05, 4.69) is 72.2 Å². The SMILES string of the molecule is CCC(c1nnnn1C(C)(C)C)N(Cc1ccccc1Cl)Cc1cc2cc(C)cc(C)c2[nH]c1=O. The third-order valence-corrected chi connectivity index (χ3v) is 6.70. The summed E-state index contributed by atoms with van der Waals surface area (Å²) in [5.41, 5.74) is 4.43. The molecule has 0 spiro atoms. The van der Waals surface area contributed by atoms with Gasteiger partial charge in [-0.2, -0.15) is 0 Å². The Kier molecular flexibility index (Phi) is 7.10. The summed E-state index contributed by atoms with van der Waals surface area (Å²) in [7, 11) is 0. The highest BCUT2D eigenvalue weighted by molar-refractivity contribution is 6.31. The highest BCUT2D eigenvalue weighted by Gasteiger charge is 2.30. The highest BCUT2D eigenvalue weighted by atomic mass is 35.5. The van der Waals surface area contributed by atoms with E-state index in [1.54, 1.807) is 0 Å². The number of nitrogens with zero attached hydrogens (tertiary/aromatic N) is 5. The van der Waals surface area contributed by atoms with Crippen LogP contribution in [-0.4, -0.2) is 30.1 Å². The number of aromatic nitrogens is 5. The number of tetrazole rings is 1. The average Bonchev–Trinajstić information content (AvgIpc) is 3.27. The second-order valence-corrected chi connectivity index (χ2v) is 10.6. The number of pyridine rings is 1. The molecule has 184 valence electrons. The molecule has 35 heavy (non-hydrogen) atoms. The van der Waals surface area contributed by atoms with Crippen molar-refractivity contribution in [1.82, 2.24) is 30.1 Å². The largest absolute Gasteiger partial charge is 0.321 e. The van der Waals surface area contributed by atoms with E-state index in [0.717, 1.165) is 39.8 Å². The first kappa shape index (κ1) is 25.1. The zero-order valence-corrected chi connectivity index (χ0v) is 22.0. The molecule has 0 fully saturated rings. The summed E-state index contributed by atoms with van der Waals surface area (Å²) in [4.78, 5) is 18.5. The van der Waals surface area contributed by atoms with E-state index in [-0.39, 0.29) is 17.1 Å². The number of hydrogen-bond acceptors (Lipinski definition) is 5. The molecule has 0 amide bonds. The van der Waals surface area contributed by atoms with Crippen LogP contribution in [0.15, 0.2) is 47.3 Å². The van der Waals surface area contributed by atoms with Crippen LogP contribution in [0.5, 0.6) is 0 Å². The van der Waals surface area contributed by atoms with Crippen LogP contribution in [0.1, 0.15) is 68.2 Å². The van der Waals surface area contributed by atoms with Gasteiger partial charge in [-0.25, -0.2) is 4.68 Å². The molecule has 7 nitrogen and oxygen atoms in total. The van der Waals surface area contributed by atoms with Gasteiger partial charge >= 0.3 is 0 Å². The molecule has 0 aliphatic heterocycles. The van der Waals surface area contributed by atoms with Crippen molar-refractivity contribution >= 4 is 22.5 Å². The van der Waals surface area contributed by atoms with Gasteiger partial charge in [0.25, 0.3) is 5.56 Å². The Hall–Kier alpha value is -3.03. The lowest BCUT2D eigenvalue weighted by Gasteiger charge is -2.32. The smallest absolute Gasteiger partial charge is 0.252 e. The quantitative estimate of drug-likeness (QED) is 0.358. The summed E-state index contributed by atoms with van der Waals surface area (Å²) in [5, 5.41) is 14.4. The first-order chi connectivity index (χ1) is 16.6. The predicted molar refractivity (Wildman–Crippen MR) is 141 cm³/mol. The summed E-state index contributed by atoms with van der Waals surface area (Å²) in [6, 6.07) is 13.9. The Bertz CT molecular complexity index is 1400. The minimum absolute atomic E-state index is 0.0844. The van der Waals surface area contributed by atoms with Gasteiger partial charge in [0.1, 0.15) is 0 Å². The minimum Gasteiger partial charge on any atom is -0.321 e. The monoisotopic (exact) mass is 492 g/mol. The molecule has 4 aromatic rings. The molecule has 0 aliphatic rings. The number of aromatic amines is 1. The molecule has 1 atom stereocenters. The predicted octanol–water partition coefficient (Wildman–Crippen LogP) is 5.69. The standard InChI is InChI=1S/C27H33ClN6O/c1-7-23(25-30-31-32-34(25)27(4,5)6)33(15-19-10-8-9-11-22(19)28)16-21-14-20-13-17(2)12-18(3)24(20)29-26(21)35/h8-14,23H,7,15-16H2,1-6H3,(H,29,35). The van der Waals surface area contributed by atoms with Gasteiger partial charge in [0, 0.05) is 23.7 Å². The van der Waals surface area contributed by atoms with Crippen molar-refractivity contribution in [3.8, 4) is 0 Å². The van der Waals surface area contributed by atoms with E-state index in [1.165, 1.54) is 0 Å². The molecule has 8 heteroatoms. The third-order valence-electron chi connectivity index (χ3n) is 6.33. The lowest BCUT2D eigenvalue weighted by molar-refractivity contribution is 0.153. The van der Waals surface area contributed by atoms with E-state index in [0.29, 0.717) is 23.7 Å². The van der Waals surface area contributed by atoms with Gasteiger partial charge in [0.15, 0.2) is 5.82 Å². The second kappa shape index (κ2) is 9.91. The zero-order valence-electron chi connectivity index (χ0n) is 21.3. The number of H-pyrrole nitrogens is 1. The van der Waals surface area contributed by atoms with Crippen LogP contribution in [0.25, 0.3) is 10.9 Å². The molecular weight excluding hydrogens is 460 g/mol. The van der Waals surface area contributed by atoms with Crippen LogP contribution < -0.4 is 5.56 Å². The Morgan fingerprint density at radius 2 is 1.80 bits per heavy atom. The summed E-state index contributed by atoms with van der Waals surface area (Å²) in [6.07, 6.45) is 0.768. The van der Waals surface area contributed by atoms with Crippen molar-refractivity contribution < 1.29 is 0 Å². The molecule has 1 N–H and O–H groups in total. The van der Waals surface area contributed by atoms with Crippen molar-refractivity contribution in [2.45, 2.75) is 72.6 Å². The van der Waals surface area contributed by atoms with E-state index >= 15 is 0 Å². The Morgan fingerprint density at radius 1 is 1.09 bits per heavy atom. The number of hydrogen-bond donors (Lipinski definition) is 1. The third kappa shape index (κ3) is 5.31. The molecule has 4 rings (SSSR count). The topological polar surface area (TPSA) is 79.7 Å². The fraction of sp³-hybridized carbons (Fsp3) is 0.407. The van der Waals surface area contributed by atoms with Crippen molar-refractivity contribution in [3.05, 3.63) is 85.9 Å². The van der Waals surface area contributed by atoms with Crippen LogP contribution in [0.3, 0.4) is 0 Å². The van der Waals surface area contributed by atoms with Crippen molar-refractivity contribution in [3.63, 3.8) is 0 Å². The van der Waals surface area contributed by atoms with Crippen molar-refractivity contribution in [2.24, 2.45) is 0 Å². The molecule has 0 radical (unpaired) electrons. The Morgan fingerprint density at radius 3 is 2.49 bits per heavy atom. The van der Waals surface area contributed by atoms with Crippen LogP contribution in [0.2, 0.25) is 5.02 Å². The van der Waals surface area contributed by atoms with Crippen molar-refractivity contribution in [1.29, 1.82) is 0 Å². The molecule has 0 bridgehead atoms.